The van der Waals surface area contributed by atoms with Crippen molar-refractivity contribution in [3.05, 3.63) is 70.3 Å². The highest BCUT2D eigenvalue weighted by Crippen LogP contribution is 2.25. The van der Waals surface area contributed by atoms with E-state index in [0.717, 1.165) is 6.42 Å². The Morgan fingerprint density at radius 1 is 0.947 bits per heavy atom. The zero-order valence-electron chi connectivity index (χ0n) is 12.1. The summed E-state index contributed by atoms with van der Waals surface area (Å²) in [4.78, 5) is 0. The van der Waals surface area contributed by atoms with Crippen LogP contribution >= 0.6 is 0 Å². The lowest BCUT2D eigenvalue weighted by atomic mass is 9.87. The van der Waals surface area contributed by atoms with Crippen LogP contribution in [0.1, 0.15) is 33.7 Å². The predicted octanol–water partition coefficient (Wildman–Crippen LogP) is 3.90. The van der Waals surface area contributed by atoms with Gasteiger partial charge in [0.25, 0.3) is 0 Å². The SMILES string of the molecule is Cc1ccc(C(CN)Cc2ccccc2C)c(C)c1. The summed E-state index contributed by atoms with van der Waals surface area (Å²) < 4.78 is 0. The summed E-state index contributed by atoms with van der Waals surface area (Å²) >= 11 is 0. The van der Waals surface area contributed by atoms with Gasteiger partial charge in [0.2, 0.25) is 0 Å². The summed E-state index contributed by atoms with van der Waals surface area (Å²) in [7, 11) is 0. The van der Waals surface area contributed by atoms with Gasteiger partial charge < -0.3 is 5.73 Å². The van der Waals surface area contributed by atoms with Gasteiger partial charge in [-0.3, -0.25) is 0 Å². The molecule has 0 radical (unpaired) electrons. The van der Waals surface area contributed by atoms with E-state index in [1.165, 1.54) is 27.8 Å². The van der Waals surface area contributed by atoms with Gasteiger partial charge in [-0.15, -0.1) is 0 Å². The molecule has 0 aliphatic heterocycles. The maximum absolute atomic E-state index is 6.01. The lowest BCUT2D eigenvalue weighted by molar-refractivity contribution is 0.687. The molecule has 0 bridgehead atoms. The van der Waals surface area contributed by atoms with Crippen molar-refractivity contribution in [1.29, 1.82) is 0 Å². The predicted molar refractivity (Wildman–Crippen MR) is 82.6 cm³/mol. The molecule has 1 unspecified atom stereocenters. The number of nitrogens with two attached hydrogens (primary N) is 1. The Morgan fingerprint density at radius 3 is 2.32 bits per heavy atom. The van der Waals surface area contributed by atoms with E-state index in [0.29, 0.717) is 12.5 Å². The Bertz CT molecular complexity index is 557. The monoisotopic (exact) mass is 253 g/mol. The third-order valence-electron chi connectivity index (χ3n) is 3.88. The maximum Gasteiger partial charge on any atom is 0.000429 e. The summed E-state index contributed by atoms with van der Waals surface area (Å²) in [5, 5.41) is 0. The number of hydrogen-bond acceptors (Lipinski definition) is 1. The van der Waals surface area contributed by atoms with Gasteiger partial charge in [0.1, 0.15) is 0 Å². The molecule has 0 fully saturated rings. The lowest BCUT2D eigenvalue weighted by Crippen LogP contribution is -2.16. The fourth-order valence-electron chi connectivity index (χ4n) is 2.71. The summed E-state index contributed by atoms with van der Waals surface area (Å²) in [6.07, 6.45) is 1.02. The molecule has 1 nitrogen and oxygen atoms in total. The molecule has 1 heteroatoms. The molecule has 0 aliphatic carbocycles. The molecule has 1 atom stereocenters. The number of hydrogen-bond donors (Lipinski definition) is 1. The van der Waals surface area contributed by atoms with Crippen LogP contribution in [0.15, 0.2) is 42.5 Å². The van der Waals surface area contributed by atoms with Gasteiger partial charge in [0.05, 0.1) is 0 Å². The average molecular weight is 253 g/mol. The van der Waals surface area contributed by atoms with Crippen LogP contribution in [-0.4, -0.2) is 6.54 Å². The quantitative estimate of drug-likeness (QED) is 0.878. The van der Waals surface area contributed by atoms with Gasteiger partial charge in [0, 0.05) is 5.92 Å². The van der Waals surface area contributed by atoms with Crippen LogP contribution in [-0.2, 0) is 6.42 Å². The molecule has 2 aromatic carbocycles. The van der Waals surface area contributed by atoms with Gasteiger partial charge in [-0.05, 0) is 56.0 Å². The van der Waals surface area contributed by atoms with E-state index in [1.807, 2.05) is 0 Å². The van der Waals surface area contributed by atoms with E-state index in [4.69, 9.17) is 5.73 Å². The molecule has 0 aliphatic rings. The van der Waals surface area contributed by atoms with Crippen molar-refractivity contribution in [3.8, 4) is 0 Å². The van der Waals surface area contributed by atoms with E-state index in [-0.39, 0.29) is 0 Å². The lowest BCUT2D eigenvalue weighted by Gasteiger charge is -2.19. The van der Waals surface area contributed by atoms with Crippen LogP contribution in [0.4, 0.5) is 0 Å². The first kappa shape index (κ1) is 13.8. The molecule has 0 amide bonds. The topological polar surface area (TPSA) is 26.0 Å². The molecule has 0 aromatic heterocycles. The second-order valence-corrected chi connectivity index (χ2v) is 5.42. The summed E-state index contributed by atoms with van der Waals surface area (Å²) in [6.45, 7) is 7.18. The van der Waals surface area contributed by atoms with E-state index >= 15 is 0 Å². The highest BCUT2D eigenvalue weighted by atomic mass is 14.5. The number of benzene rings is 2. The van der Waals surface area contributed by atoms with Crippen LogP contribution in [0, 0.1) is 20.8 Å². The fraction of sp³-hybridized carbons (Fsp3) is 0.333. The number of aryl methyl sites for hydroxylation is 3. The summed E-state index contributed by atoms with van der Waals surface area (Å²) in [6, 6.07) is 15.2. The summed E-state index contributed by atoms with van der Waals surface area (Å²) in [5.41, 5.74) is 12.8. The van der Waals surface area contributed by atoms with Gasteiger partial charge in [-0.2, -0.15) is 0 Å². The Kier molecular flexibility index (Phi) is 4.39. The van der Waals surface area contributed by atoms with Crippen molar-refractivity contribution >= 4 is 0 Å². The molecule has 0 saturated carbocycles. The van der Waals surface area contributed by atoms with Gasteiger partial charge in [-0.25, -0.2) is 0 Å². The van der Waals surface area contributed by atoms with Crippen molar-refractivity contribution in [2.45, 2.75) is 33.1 Å². The first-order chi connectivity index (χ1) is 9.11. The Hall–Kier alpha value is -1.60. The minimum atomic E-state index is 0.404. The Labute approximate surface area is 116 Å². The van der Waals surface area contributed by atoms with Crippen molar-refractivity contribution < 1.29 is 0 Å². The number of rotatable bonds is 4. The van der Waals surface area contributed by atoms with Crippen LogP contribution < -0.4 is 5.73 Å². The van der Waals surface area contributed by atoms with Gasteiger partial charge in [-0.1, -0.05) is 48.0 Å². The Balaban J connectivity index is 2.28. The molecule has 0 saturated heterocycles. The molecule has 0 heterocycles. The first-order valence-electron chi connectivity index (χ1n) is 6.93. The van der Waals surface area contributed by atoms with Gasteiger partial charge in [0.15, 0.2) is 0 Å². The van der Waals surface area contributed by atoms with Crippen molar-refractivity contribution in [1.82, 2.24) is 0 Å². The van der Waals surface area contributed by atoms with E-state index < -0.39 is 0 Å². The van der Waals surface area contributed by atoms with E-state index in [2.05, 4.69) is 63.2 Å². The highest BCUT2D eigenvalue weighted by Gasteiger charge is 2.14. The minimum absolute atomic E-state index is 0.404. The van der Waals surface area contributed by atoms with Crippen molar-refractivity contribution in [2.75, 3.05) is 6.54 Å². The standard InChI is InChI=1S/C18H23N/c1-13-8-9-18(15(3)10-13)17(12-19)11-16-7-5-4-6-14(16)2/h4-10,17H,11-12,19H2,1-3H3. The largest absolute Gasteiger partial charge is 0.330 e. The zero-order chi connectivity index (χ0) is 13.8. The molecule has 19 heavy (non-hydrogen) atoms. The van der Waals surface area contributed by atoms with Crippen molar-refractivity contribution in [2.24, 2.45) is 5.73 Å². The minimum Gasteiger partial charge on any atom is -0.330 e. The second-order valence-electron chi connectivity index (χ2n) is 5.42. The maximum atomic E-state index is 6.01. The van der Waals surface area contributed by atoms with E-state index in [1.54, 1.807) is 0 Å². The smallest absolute Gasteiger partial charge is 0.000429 e. The molecule has 2 N–H and O–H groups in total. The normalized spacial score (nSPS) is 12.4. The first-order valence-corrected chi connectivity index (χ1v) is 6.93. The average Bonchev–Trinajstić information content (AvgIpc) is 2.39. The molecule has 2 rings (SSSR count). The van der Waals surface area contributed by atoms with Crippen LogP contribution in [0.3, 0.4) is 0 Å². The molecule has 2 aromatic rings. The molecule has 100 valence electrons. The van der Waals surface area contributed by atoms with E-state index in [9.17, 15) is 0 Å². The molecular formula is C18H23N. The fourth-order valence-corrected chi connectivity index (χ4v) is 2.71. The van der Waals surface area contributed by atoms with Crippen LogP contribution in [0.25, 0.3) is 0 Å². The summed E-state index contributed by atoms with van der Waals surface area (Å²) in [5.74, 6) is 0.404. The third kappa shape index (κ3) is 3.24. The molecular weight excluding hydrogens is 230 g/mol. The highest BCUT2D eigenvalue weighted by molar-refractivity contribution is 5.36. The zero-order valence-corrected chi connectivity index (χ0v) is 12.1. The Morgan fingerprint density at radius 2 is 1.68 bits per heavy atom. The molecule has 0 spiro atoms. The van der Waals surface area contributed by atoms with Crippen LogP contribution in [0.2, 0.25) is 0 Å². The van der Waals surface area contributed by atoms with Gasteiger partial charge >= 0.3 is 0 Å². The van der Waals surface area contributed by atoms with Crippen molar-refractivity contribution in [3.63, 3.8) is 0 Å². The third-order valence-corrected chi connectivity index (χ3v) is 3.88. The van der Waals surface area contributed by atoms with Crippen LogP contribution in [0.5, 0.6) is 0 Å². The second kappa shape index (κ2) is 6.03.